The minimum atomic E-state index is 0.870. The number of rotatable bonds is 0. The highest BCUT2D eigenvalue weighted by atomic mass is 15.1. The number of imidazole rings is 1. The van der Waals surface area contributed by atoms with Crippen molar-refractivity contribution in [2.75, 3.05) is 0 Å². The van der Waals surface area contributed by atoms with Crippen LogP contribution in [0.2, 0.25) is 0 Å². The van der Waals surface area contributed by atoms with Crippen molar-refractivity contribution in [1.82, 2.24) is 19.4 Å². The van der Waals surface area contributed by atoms with Crippen LogP contribution in [0.4, 0.5) is 0 Å². The number of benzene rings is 3. The van der Waals surface area contributed by atoms with Gasteiger partial charge in [-0.05, 0) is 99.8 Å². The second kappa shape index (κ2) is 6.10. The van der Waals surface area contributed by atoms with Crippen LogP contribution in [-0.4, -0.2) is 19.4 Å². The van der Waals surface area contributed by atoms with E-state index < -0.39 is 0 Å². The molecule has 0 saturated heterocycles. The molecule has 162 valence electrons. The summed E-state index contributed by atoms with van der Waals surface area (Å²) in [5.41, 5.74) is 15.9. The fraction of sp³-hybridized carbons (Fsp3) is 0.0645. The van der Waals surface area contributed by atoms with Gasteiger partial charge in [0.15, 0.2) is 5.65 Å². The standard InChI is InChI=1S/C31H18N4/c1-2-6-21-17(5-1)11-18-14-25-19(13-24(18)21)12-20-15-28-27(16-26(20)25)34-31-29-22(7-3-9-32-29)23-8-4-10-33-30(23)35(28)31/h1-10,13-16H,11-12H2. The lowest BCUT2D eigenvalue weighted by Crippen LogP contribution is -1.95. The normalized spacial score (nSPS) is 13.5. The second-order valence-electron chi connectivity index (χ2n) is 9.72. The first-order valence-electron chi connectivity index (χ1n) is 12.0. The molecule has 0 aliphatic heterocycles. The quantitative estimate of drug-likeness (QED) is 0.243. The SMILES string of the molecule is c1ccc2c(c1)Cc1cc3c(cc1-2)Cc1cc2c(cc1-3)nc1c3ncccc3c3cccnc3n21. The van der Waals surface area contributed by atoms with Gasteiger partial charge >= 0.3 is 0 Å². The number of hydrogen-bond acceptors (Lipinski definition) is 3. The van der Waals surface area contributed by atoms with Gasteiger partial charge in [0.25, 0.3) is 0 Å². The highest BCUT2D eigenvalue weighted by Crippen LogP contribution is 2.45. The van der Waals surface area contributed by atoms with Gasteiger partial charge in [-0.15, -0.1) is 0 Å². The first kappa shape index (κ1) is 17.8. The molecule has 7 aromatic rings. The Morgan fingerprint density at radius 1 is 0.571 bits per heavy atom. The van der Waals surface area contributed by atoms with Crippen LogP contribution in [0.15, 0.2) is 85.2 Å². The van der Waals surface area contributed by atoms with Crippen LogP contribution < -0.4 is 0 Å². The van der Waals surface area contributed by atoms with Gasteiger partial charge in [-0.25, -0.2) is 9.97 Å². The van der Waals surface area contributed by atoms with Crippen molar-refractivity contribution in [3.8, 4) is 22.3 Å². The summed E-state index contributed by atoms with van der Waals surface area (Å²) >= 11 is 0. The molecule has 4 aromatic heterocycles. The summed E-state index contributed by atoms with van der Waals surface area (Å²) in [4.78, 5) is 14.6. The Bertz CT molecular complexity index is 2070. The zero-order valence-corrected chi connectivity index (χ0v) is 18.8. The summed E-state index contributed by atoms with van der Waals surface area (Å²) in [5.74, 6) is 0. The second-order valence-corrected chi connectivity index (χ2v) is 9.72. The van der Waals surface area contributed by atoms with Gasteiger partial charge in [-0.3, -0.25) is 9.38 Å². The molecule has 35 heavy (non-hydrogen) atoms. The van der Waals surface area contributed by atoms with Gasteiger partial charge in [0.2, 0.25) is 0 Å². The van der Waals surface area contributed by atoms with Crippen LogP contribution in [0.5, 0.6) is 0 Å². The first-order valence-corrected chi connectivity index (χ1v) is 12.0. The van der Waals surface area contributed by atoms with Gasteiger partial charge in [0.05, 0.1) is 11.0 Å². The molecule has 0 saturated carbocycles. The summed E-state index contributed by atoms with van der Waals surface area (Å²) in [7, 11) is 0. The molecule has 0 amide bonds. The molecule has 0 fully saturated rings. The lowest BCUT2D eigenvalue weighted by atomic mass is 9.98. The molecule has 3 aromatic carbocycles. The van der Waals surface area contributed by atoms with Gasteiger partial charge in [0.1, 0.15) is 11.2 Å². The highest BCUT2D eigenvalue weighted by molar-refractivity contribution is 6.11. The molecule has 4 heterocycles. The smallest absolute Gasteiger partial charge is 0.166 e. The molecular formula is C31H18N4. The van der Waals surface area contributed by atoms with Gasteiger partial charge < -0.3 is 0 Å². The predicted molar refractivity (Wildman–Crippen MR) is 140 cm³/mol. The molecule has 4 nitrogen and oxygen atoms in total. The van der Waals surface area contributed by atoms with E-state index in [0.717, 1.165) is 51.5 Å². The van der Waals surface area contributed by atoms with E-state index in [1.807, 2.05) is 24.5 Å². The fourth-order valence-electron chi connectivity index (χ4n) is 6.35. The van der Waals surface area contributed by atoms with Crippen molar-refractivity contribution in [1.29, 1.82) is 0 Å². The third-order valence-electron chi connectivity index (χ3n) is 7.88. The zero-order chi connectivity index (χ0) is 22.7. The average molecular weight is 447 g/mol. The van der Waals surface area contributed by atoms with E-state index in [1.165, 1.54) is 44.5 Å². The minimum Gasteiger partial charge on any atom is -0.274 e. The van der Waals surface area contributed by atoms with E-state index >= 15 is 0 Å². The molecule has 0 radical (unpaired) electrons. The minimum absolute atomic E-state index is 0.870. The van der Waals surface area contributed by atoms with E-state index in [4.69, 9.17) is 15.0 Å². The third-order valence-corrected chi connectivity index (χ3v) is 7.88. The number of nitrogens with zero attached hydrogens (tertiary/aromatic N) is 4. The van der Waals surface area contributed by atoms with Gasteiger partial charge in [0, 0.05) is 23.2 Å². The summed E-state index contributed by atoms with van der Waals surface area (Å²) < 4.78 is 2.19. The van der Waals surface area contributed by atoms with Crippen molar-refractivity contribution in [3.63, 3.8) is 0 Å². The molecule has 4 heteroatoms. The van der Waals surface area contributed by atoms with Gasteiger partial charge in [-0.2, -0.15) is 0 Å². The van der Waals surface area contributed by atoms with Crippen molar-refractivity contribution in [2.45, 2.75) is 12.8 Å². The van der Waals surface area contributed by atoms with Crippen LogP contribution in [0, 0.1) is 0 Å². The first-order chi connectivity index (χ1) is 17.3. The topological polar surface area (TPSA) is 43.1 Å². The maximum absolute atomic E-state index is 5.11. The summed E-state index contributed by atoms with van der Waals surface area (Å²) in [6.45, 7) is 0. The van der Waals surface area contributed by atoms with Crippen LogP contribution in [0.1, 0.15) is 22.3 Å². The summed E-state index contributed by atoms with van der Waals surface area (Å²) in [6.07, 6.45) is 5.66. The Hall–Kier alpha value is -4.57. The number of fused-ring (bicyclic) bond motifs is 14. The number of hydrogen-bond donors (Lipinski definition) is 0. The Kier molecular flexibility index (Phi) is 3.11. The molecule has 9 rings (SSSR count). The Morgan fingerprint density at radius 3 is 2.20 bits per heavy atom. The van der Waals surface area contributed by atoms with E-state index in [1.54, 1.807) is 0 Å². The molecule has 2 aliphatic carbocycles. The molecule has 0 N–H and O–H groups in total. The summed E-state index contributed by atoms with van der Waals surface area (Å²) in [6, 6.07) is 26.5. The summed E-state index contributed by atoms with van der Waals surface area (Å²) in [5, 5.41) is 2.19. The monoisotopic (exact) mass is 446 g/mol. The van der Waals surface area contributed by atoms with E-state index in [2.05, 4.69) is 65.1 Å². The fourth-order valence-corrected chi connectivity index (χ4v) is 6.35. The van der Waals surface area contributed by atoms with Crippen LogP contribution in [-0.2, 0) is 12.8 Å². The van der Waals surface area contributed by atoms with E-state index in [9.17, 15) is 0 Å². The average Bonchev–Trinajstić information content (AvgIpc) is 3.57. The lowest BCUT2D eigenvalue weighted by Gasteiger charge is -2.07. The lowest BCUT2D eigenvalue weighted by molar-refractivity contribution is 1.21. The number of pyridine rings is 3. The molecule has 0 atom stereocenters. The molecule has 2 aliphatic rings. The molecule has 0 bridgehead atoms. The maximum Gasteiger partial charge on any atom is 0.166 e. The van der Waals surface area contributed by atoms with Crippen LogP contribution >= 0.6 is 0 Å². The molecule has 0 spiro atoms. The van der Waals surface area contributed by atoms with Crippen molar-refractivity contribution in [2.24, 2.45) is 0 Å². The van der Waals surface area contributed by atoms with E-state index in [-0.39, 0.29) is 0 Å². The Balaban J connectivity index is 1.33. The van der Waals surface area contributed by atoms with Gasteiger partial charge in [-0.1, -0.05) is 30.3 Å². The third kappa shape index (κ3) is 2.20. The van der Waals surface area contributed by atoms with E-state index in [0.29, 0.717) is 0 Å². The van der Waals surface area contributed by atoms with Crippen molar-refractivity contribution >= 4 is 38.6 Å². The van der Waals surface area contributed by atoms with Crippen LogP contribution in [0.25, 0.3) is 60.9 Å². The molecule has 0 unspecified atom stereocenters. The zero-order valence-electron chi connectivity index (χ0n) is 18.8. The maximum atomic E-state index is 5.11. The van der Waals surface area contributed by atoms with Crippen LogP contribution in [0.3, 0.4) is 0 Å². The Labute approximate surface area is 200 Å². The number of aromatic nitrogens is 4. The predicted octanol–water partition coefficient (Wildman–Crippen LogP) is 6.73. The van der Waals surface area contributed by atoms with Crippen molar-refractivity contribution in [3.05, 3.63) is 107 Å². The van der Waals surface area contributed by atoms with Crippen molar-refractivity contribution < 1.29 is 0 Å². The highest BCUT2D eigenvalue weighted by Gasteiger charge is 2.26. The Morgan fingerprint density at radius 2 is 1.29 bits per heavy atom. The molecular weight excluding hydrogens is 428 g/mol. The largest absolute Gasteiger partial charge is 0.274 e.